The van der Waals surface area contributed by atoms with E-state index in [1.165, 1.54) is 5.56 Å². The molecule has 0 amide bonds. The van der Waals surface area contributed by atoms with Crippen LogP contribution in [0.1, 0.15) is 38.2 Å². The number of hydrogen-bond acceptors (Lipinski definition) is 2. The first-order chi connectivity index (χ1) is 8.56. The van der Waals surface area contributed by atoms with Crippen molar-refractivity contribution in [1.82, 2.24) is 0 Å². The predicted octanol–water partition coefficient (Wildman–Crippen LogP) is 2.55. The Hall–Kier alpha value is -1.35. The fourth-order valence-electron chi connectivity index (χ4n) is 3.50. The first-order valence-corrected chi connectivity index (χ1v) is 6.53. The van der Waals surface area contributed by atoms with Crippen molar-refractivity contribution < 1.29 is 9.90 Å². The normalized spacial score (nSPS) is 30.8. The number of carboxylic acid groups (broad SMARTS) is 1. The minimum Gasteiger partial charge on any atom is -0.481 e. The third-order valence-electron chi connectivity index (χ3n) is 4.45. The summed E-state index contributed by atoms with van der Waals surface area (Å²) in [6, 6.07) is 10.4. The molecule has 3 N–H and O–H groups in total. The molecule has 2 rings (SSSR count). The standard InChI is InChI=1S/C15H21NO2/c1-2-15(12-6-4-3-5-7-12)9-14(10-15,11-16)8-13(17)18/h3-7H,2,8-11,16H2,1H3,(H,17,18). The predicted molar refractivity (Wildman–Crippen MR) is 71.4 cm³/mol. The van der Waals surface area contributed by atoms with Gasteiger partial charge in [-0.3, -0.25) is 4.79 Å². The molecule has 3 heteroatoms. The maximum Gasteiger partial charge on any atom is 0.303 e. The minimum absolute atomic E-state index is 0.135. The van der Waals surface area contributed by atoms with Crippen molar-refractivity contribution in [3.05, 3.63) is 35.9 Å². The number of aliphatic carboxylic acids is 1. The molecule has 1 aliphatic carbocycles. The molecule has 0 bridgehead atoms. The van der Waals surface area contributed by atoms with Crippen molar-refractivity contribution in [3.8, 4) is 0 Å². The third-order valence-corrected chi connectivity index (χ3v) is 4.45. The molecule has 0 heterocycles. The minimum atomic E-state index is -0.738. The van der Waals surface area contributed by atoms with Gasteiger partial charge in [-0.25, -0.2) is 0 Å². The number of nitrogens with two attached hydrogens (primary N) is 1. The smallest absolute Gasteiger partial charge is 0.303 e. The number of carboxylic acids is 1. The van der Waals surface area contributed by atoms with Crippen LogP contribution in [0.25, 0.3) is 0 Å². The highest BCUT2D eigenvalue weighted by Crippen LogP contribution is 2.58. The molecule has 1 saturated carbocycles. The molecule has 1 aromatic carbocycles. The van der Waals surface area contributed by atoms with Crippen molar-refractivity contribution in [2.75, 3.05) is 6.54 Å². The van der Waals surface area contributed by atoms with Crippen molar-refractivity contribution in [3.63, 3.8) is 0 Å². The quantitative estimate of drug-likeness (QED) is 0.840. The molecule has 0 aliphatic heterocycles. The molecule has 1 aliphatic rings. The SMILES string of the molecule is CCC1(c2ccccc2)CC(CN)(CC(=O)O)C1. The van der Waals surface area contributed by atoms with Crippen LogP contribution in [0.15, 0.2) is 30.3 Å². The van der Waals surface area contributed by atoms with Gasteiger partial charge in [0.1, 0.15) is 0 Å². The zero-order valence-electron chi connectivity index (χ0n) is 10.9. The molecule has 0 unspecified atom stereocenters. The Morgan fingerprint density at radius 3 is 2.39 bits per heavy atom. The average molecular weight is 247 g/mol. The van der Waals surface area contributed by atoms with Crippen LogP contribution in [0.2, 0.25) is 0 Å². The Morgan fingerprint density at radius 1 is 1.33 bits per heavy atom. The maximum atomic E-state index is 10.9. The van der Waals surface area contributed by atoms with Crippen LogP contribution in [0.3, 0.4) is 0 Å². The molecule has 98 valence electrons. The second kappa shape index (κ2) is 4.73. The van der Waals surface area contributed by atoms with Crippen LogP contribution in [0.4, 0.5) is 0 Å². The summed E-state index contributed by atoms with van der Waals surface area (Å²) < 4.78 is 0. The van der Waals surface area contributed by atoms with Crippen LogP contribution in [-0.4, -0.2) is 17.6 Å². The summed E-state index contributed by atoms with van der Waals surface area (Å²) in [6.45, 7) is 2.64. The van der Waals surface area contributed by atoms with Crippen LogP contribution in [0.5, 0.6) is 0 Å². The Kier molecular flexibility index (Phi) is 3.44. The first-order valence-electron chi connectivity index (χ1n) is 6.53. The molecule has 0 aromatic heterocycles. The van der Waals surface area contributed by atoms with Gasteiger partial charge in [-0.1, -0.05) is 37.3 Å². The van der Waals surface area contributed by atoms with Crippen LogP contribution < -0.4 is 5.73 Å². The van der Waals surface area contributed by atoms with Gasteiger partial charge in [-0.2, -0.15) is 0 Å². The van der Waals surface area contributed by atoms with E-state index in [2.05, 4.69) is 19.1 Å². The third kappa shape index (κ3) is 2.15. The van der Waals surface area contributed by atoms with Gasteiger partial charge in [0.25, 0.3) is 0 Å². The summed E-state index contributed by atoms with van der Waals surface area (Å²) in [6.07, 6.45) is 3.02. The fraction of sp³-hybridized carbons (Fsp3) is 0.533. The van der Waals surface area contributed by atoms with E-state index in [0.29, 0.717) is 6.54 Å². The Balaban J connectivity index is 2.18. The van der Waals surface area contributed by atoms with Gasteiger partial charge in [-0.05, 0) is 42.2 Å². The number of carbonyl (C=O) groups is 1. The molecule has 0 spiro atoms. The Labute approximate surface area is 108 Å². The van der Waals surface area contributed by atoms with Gasteiger partial charge in [0.15, 0.2) is 0 Å². The first kappa shape index (κ1) is 13.1. The lowest BCUT2D eigenvalue weighted by Gasteiger charge is -2.56. The monoisotopic (exact) mass is 247 g/mol. The highest BCUT2D eigenvalue weighted by atomic mass is 16.4. The van der Waals surface area contributed by atoms with Gasteiger partial charge in [0, 0.05) is 0 Å². The van der Waals surface area contributed by atoms with E-state index in [-0.39, 0.29) is 17.3 Å². The van der Waals surface area contributed by atoms with E-state index in [9.17, 15) is 4.79 Å². The molecule has 0 atom stereocenters. The Bertz CT molecular complexity index is 421. The zero-order chi connectivity index (χ0) is 13.2. The maximum absolute atomic E-state index is 10.9. The Morgan fingerprint density at radius 2 is 1.94 bits per heavy atom. The van der Waals surface area contributed by atoms with E-state index in [1.807, 2.05) is 18.2 Å². The van der Waals surface area contributed by atoms with Crippen molar-refractivity contribution in [2.45, 2.75) is 38.0 Å². The summed E-state index contributed by atoms with van der Waals surface area (Å²) in [5.41, 5.74) is 7.07. The molecule has 0 radical (unpaired) electrons. The average Bonchev–Trinajstić information content (AvgIpc) is 2.34. The number of benzene rings is 1. The van der Waals surface area contributed by atoms with Crippen LogP contribution >= 0.6 is 0 Å². The van der Waals surface area contributed by atoms with Crippen LogP contribution in [-0.2, 0) is 10.2 Å². The summed E-state index contributed by atoms with van der Waals surface area (Å²) in [5.74, 6) is -0.738. The zero-order valence-corrected chi connectivity index (χ0v) is 10.9. The van der Waals surface area contributed by atoms with Gasteiger partial charge in [-0.15, -0.1) is 0 Å². The summed E-state index contributed by atoms with van der Waals surface area (Å²) in [7, 11) is 0. The lowest BCUT2D eigenvalue weighted by Crippen LogP contribution is -2.53. The molecule has 18 heavy (non-hydrogen) atoms. The van der Waals surface area contributed by atoms with E-state index >= 15 is 0 Å². The van der Waals surface area contributed by atoms with Gasteiger partial charge in [0.2, 0.25) is 0 Å². The second-order valence-corrected chi connectivity index (χ2v) is 5.63. The molecule has 1 aromatic rings. The van der Waals surface area contributed by atoms with Gasteiger partial charge >= 0.3 is 5.97 Å². The van der Waals surface area contributed by atoms with Gasteiger partial charge in [0.05, 0.1) is 6.42 Å². The largest absolute Gasteiger partial charge is 0.481 e. The molecule has 0 saturated heterocycles. The van der Waals surface area contributed by atoms with E-state index < -0.39 is 5.97 Å². The highest BCUT2D eigenvalue weighted by molar-refractivity contribution is 5.68. The summed E-state index contributed by atoms with van der Waals surface area (Å²) in [5, 5.41) is 9.00. The van der Waals surface area contributed by atoms with Crippen molar-refractivity contribution >= 4 is 5.97 Å². The topological polar surface area (TPSA) is 63.3 Å². The van der Waals surface area contributed by atoms with Crippen molar-refractivity contribution in [1.29, 1.82) is 0 Å². The molecular weight excluding hydrogens is 226 g/mol. The van der Waals surface area contributed by atoms with Crippen molar-refractivity contribution in [2.24, 2.45) is 11.1 Å². The van der Waals surface area contributed by atoms with Crippen LogP contribution in [0, 0.1) is 5.41 Å². The number of hydrogen-bond donors (Lipinski definition) is 2. The summed E-state index contributed by atoms with van der Waals surface area (Å²) >= 11 is 0. The summed E-state index contributed by atoms with van der Waals surface area (Å²) in [4.78, 5) is 10.9. The lowest BCUT2D eigenvalue weighted by atomic mass is 9.48. The van der Waals surface area contributed by atoms with E-state index in [4.69, 9.17) is 10.8 Å². The highest BCUT2D eigenvalue weighted by Gasteiger charge is 2.54. The lowest BCUT2D eigenvalue weighted by molar-refractivity contribution is -0.143. The molecule has 1 fully saturated rings. The number of rotatable bonds is 5. The fourth-order valence-corrected chi connectivity index (χ4v) is 3.50. The molecule has 3 nitrogen and oxygen atoms in total. The van der Waals surface area contributed by atoms with E-state index in [1.54, 1.807) is 0 Å². The molecular formula is C15H21NO2. The van der Waals surface area contributed by atoms with Gasteiger partial charge < -0.3 is 10.8 Å². The second-order valence-electron chi connectivity index (χ2n) is 5.63. The van der Waals surface area contributed by atoms with E-state index in [0.717, 1.165) is 19.3 Å².